The number of carbonyl (C=O) groups is 2. The van der Waals surface area contributed by atoms with Gasteiger partial charge in [0, 0.05) is 12.6 Å². The van der Waals surface area contributed by atoms with Crippen molar-refractivity contribution in [3.8, 4) is 5.75 Å². The Morgan fingerprint density at radius 2 is 1.92 bits per heavy atom. The van der Waals surface area contributed by atoms with E-state index in [1.165, 1.54) is 11.9 Å². The molecule has 1 aromatic carbocycles. The average molecular weight is 341 g/mol. The van der Waals surface area contributed by atoms with E-state index in [4.69, 9.17) is 4.65 Å². The monoisotopic (exact) mass is 341 g/mol. The molecule has 4 atom stereocenters. The van der Waals surface area contributed by atoms with E-state index in [2.05, 4.69) is 0 Å². The summed E-state index contributed by atoms with van der Waals surface area (Å²) in [5.74, 6) is -1.30. The second kappa shape index (κ2) is 5.71. The summed E-state index contributed by atoms with van der Waals surface area (Å²) in [4.78, 5) is 26.3. The highest BCUT2D eigenvalue weighted by molar-refractivity contribution is 6.53. The highest BCUT2D eigenvalue weighted by Crippen LogP contribution is 2.51. The van der Waals surface area contributed by atoms with Gasteiger partial charge < -0.3 is 14.8 Å². The molecule has 1 aliphatic carbocycles. The zero-order chi connectivity index (χ0) is 17.9. The lowest BCUT2D eigenvalue weighted by molar-refractivity contribution is -0.138. The van der Waals surface area contributed by atoms with E-state index in [1.807, 2.05) is 6.92 Å². The van der Waals surface area contributed by atoms with Crippen molar-refractivity contribution in [3.05, 3.63) is 40.9 Å². The van der Waals surface area contributed by atoms with E-state index >= 15 is 0 Å². The number of hydrogen-bond donors (Lipinski definition) is 2. The third kappa shape index (κ3) is 2.33. The molecule has 4 rings (SSSR count). The number of likely N-dealkylation sites (tertiary alicyclic amines) is 1. The summed E-state index contributed by atoms with van der Waals surface area (Å²) in [7, 11) is 0.395. The van der Waals surface area contributed by atoms with Crippen LogP contribution in [-0.4, -0.2) is 41.0 Å². The molecule has 2 heterocycles. The minimum atomic E-state index is -1.13. The maximum Gasteiger partial charge on any atom is 0.487 e. The van der Waals surface area contributed by atoms with Crippen molar-refractivity contribution in [3.63, 3.8) is 0 Å². The predicted molar refractivity (Wildman–Crippen MR) is 90.1 cm³/mol. The number of imide groups is 1. The Labute approximate surface area is 146 Å². The minimum Gasteiger partial charge on any atom is -0.508 e. The maximum atomic E-state index is 12.6. The number of amides is 2. The number of benzene rings is 1. The molecular formula is C18H20BNO5. The number of phenols is 1. The number of allylic oxidation sites excluding steroid dienone is 2. The number of rotatable bonds is 1. The van der Waals surface area contributed by atoms with Gasteiger partial charge in [-0.2, -0.15) is 0 Å². The lowest BCUT2D eigenvalue weighted by Crippen LogP contribution is -2.44. The Kier molecular flexibility index (Phi) is 3.74. The molecule has 0 unspecified atom stereocenters. The van der Waals surface area contributed by atoms with Crippen LogP contribution in [0.5, 0.6) is 5.75 Å². The van der Waals surface area contributed by atoms with Crippen LogP contribution in [0.4, 0.5) is 0 Å². The highest BCUT2D eigenvalue weighted by Gasteiger charge is 2.56. The third-order valence-corrected chi connectivity index (χ3v) is 5.86. The van der Waals surface area contributed by atoms with Crippen molar-refractivity contribution in [1.82, 2.24) is 4.90 Å². The van der Waals surface area contributed by atoms with Crippen LogP contribution in [-0.2, 0) is 14.2 Å². The topological polar surface area (TPSA) is 87.1 Å². The summed E-state index contributed by atoms with van der Waals surface area (Å²) in [5, 5.41) is 20.7. The molecule has 0 radical (unpaired) electrons. The Morgan fingerprint density at radius 1 is 1.20 bits per heavy atom. The first-order valence-electron chi connectivity index (χ1n) is 8.52. The summed E-state index contributed by atoms with van der Waals surface area (Å²) in [6.45, 7) is 1.89. The molecule has 2 amide bonds. The fourth-order valence-electron chi connectivity index (χ4n) is 4.67. The van der Waals surface area contributed by atoms with Crippen molar-refractivity contribution in [2.24, 2.45) is 17.8 Å². The summed E-state index contributed by atoms with van der Waals surface area (Å²) in [6.07, 6.45) is 0.410. The van der Waals surface area contributed by atoms with Gasteiger partial charge in [-0.25, -0.2) is 0 Å². The van der Waals surface area contributed by atoms with Gasteiger partial charge in [0.25, 0.3) is 0 Å². The van der Waals surface area contributed by atoms with Gasteiger partial charge in [-0.1, -0.05) is 23.8 Å². The Bertz CT molecular complexity index is 791. The molecule has 1 aromatic rings. The van der Waals surface area contributed by atoms with Crippen molar-refractivity contribution in [2.75, 3.05) is 7.05 Å². The number of aromatic hydroxyl groups is 1. The summed E-state index contributed by atoms with van der Waals surface area (Å²) in [6, 6.07) is 6.84. The molecule has 130 valence electrons. The van der Waals surface area contributed by atoms with E-state index < -0.39 is 19.1 Å². The van der Waals surface area contributed by atoms with Gasteiger partial charge in [0.2, 0.25) is 11.8 Å². The van der Waals surface area contributed by atoms with Gasteiger partial charge in [-0.15, -0.1) is 0 Å². The van der Waals surface area contributed by atoms with Gasteiger partial charge in [-0.3, -0.25) is 14.5 Å². The number of phenolic OH excluding ortho intramolecular Hbond substituents is 1. The van der Waals surface area contributed by atoms with E-state index in [9.17, 15) is 19.7 Å². The average Bonchev–Trinajstić information content (AvgIpc) is 2.79. The van der Waals surface area contributed by atoms with Crippen molar-refractivity contribution >= 4 is 18.9 Å². The van der Waals surface area contributed by atoms with Gasteiger partial charge in [0.05, 0.1) is 17.9 Å². The number of para-hydroxylation sites is 1. The Morgan fingerprint density at radius 3 is 2.64 bits per heavy atom. The summed E-state index contributed by atoms with van der Waals surface area (Å²) >= 11 is 0. The molecule has 0 saturated carbocycles. The second-order valence-electron chi connectivity index (χ2n) is 7.19. The van der Waals surface area contributed by atoms with Crippen molar-refractivity contribution in [2.45, 2.75) is 25.9 Å². The van der Waals surface area contributed by atoms with Crippen molar-refractivity contribution < 1.29 is 24.4 Å². The fraction of sp³-hybridized carbons (Fsp3) is 0.444. The van der Waals surface area contributed by atoms with Crippen LogP contribution in [0.25, 0.3) is 0 Å². The van der Waals surface area contributed by atoms with E-state index in [1.54, 1.807) is 24.3 Å². The smallest absolute Gasteiger partial charge is 0.487 e. The molecule has 25 heavy (non-hydrogen) atoms. The second-order valence-corrected chi connectivity index (χ2v) is 7.19. The van der Waals surface area contributed by atoms with Crippen LogP contribution < -0.4 is 0 Å². The van der Waals surface area contributed by atoms with Crippen LogP contribution in [0.3, 0.4) is 0 Å². The first kappa shape index (κ1) is 16.4. The largest absolute Gasteiger partial charge is 0.508 e. The number of carbonyl (C=O) groups excluding carboxylic acids is 2. The number of nitrogens with zero attached hydrogens (tertiary/aromatic N) is 1. The molecule has 0 bridgehead atoms. The first-order chi connectivity index (χ1) is 11.9. The lowest BCUT2D eigenvalue weighted by Gasteiger charge is -2.41. The van der Waals surface area contributed by atoms with Crippen LogP contribution in [0.15, 0.2) is 35.3 Å². The van der Waals surface area contributed by atoms with Crippen molar-refractivity contribution in [1.29, 1.82) is 0 Å². The summed E-state index contributed by atoms with van der Waals surface area (Å²) in [5.41, 5.74) is 2.24. The number of hydrogen-bond acceptors (Lipinski definition) is 5. The third-order valence-electron chi connectivity index (χ3n) is 5.86. The minimum absolute atomic E-state index is 0.0992. The fourth-order valence-corrected chi connectivity index (χ4v) is 4.67. The van der Waals surface area contributed by atoms with E-state index in [-0.39, 0.29) is 29.4 Å². The summed E-state index contributed by atoms with van der Waals surface area (Å²) < 4.78 is 5.76. The molecule has 2 N–H and O–H groups in total. The molecule has 7 heteroatoms. The first-order valence-corrected chi connectivity index (χ1v) is 8.52. The quantitative estimate of drug-likeness (QED) is 0.596. The van der Waals surface area contributed by atoms with E-state index in [0.717, 1.165) is 11.0 Å². The van der Waals surface area contributed by atoms with Crippen LogP contribution >= 0.6 is 0 Å². The molecule has 2 aliphatic heterocycles. The lowest BCUT2D eigenvalue weighted by atomic mass is 9.55. The SMILES string of the molecule is CC1=C2B(O)O[C@H](c3ccccc3O)C[C@H]2[C@H]2C(=O)N(C)C(=O)[C@H]2C1. The van der Waals surface area contributed by atoms with Crippen LogP contribution in [0.2, 0.25) is 0 Å². The molecule has 0 aromatic heterocycles. The standard InChI is InChI=1S/C18H20BNO5/c1-9-7-12-15(18(23)20(2)17(12)22)11-8-14(25-19(24)16(9)11)10-5-3-4-6-13(10)21/h3-6,11-12,14-15,21,24H,7-8H2,1-2H3/t11-,12-,14-,15+/m0/s1. The highest BCUT2D eigenvalue weighted by atomic mass is 16.5. The Balaban J connectivity index is 1.75. The van der Waals surface area contributed by atoms with Gasteiger partial charge in [-0.05, 0) is 37.2 Å². The molecular weight excluding hydrogens is 321 g/mol. The van der Waals surface area contributed by atoms with Crippen LogP contribution in [0.1, 0.15) is 31.4 Å². The molecule has 2 saturated heterocycles. The maximum absolute atomic E-state index is 12.6. The molecule has 0 spiro atoms. The van der Waals surface area contributed by atoms with Gasteiger partial charge in [0.1, 0.15) is 5.75 Å². The van der Waals surface area contributed by atoms with Gasteiger partial charge >= 0.3 is 7.12 Å². The predicted octanol–water partition coefficient (Wildman–Crippen LogP) is 1.44. The normalized spacial score (nSPS) is 32.1. The molecule has 3 aliphatic rings. The molecule has 2 fully saturated rings. The zero-order valence-corrected chi connectivity index (χ0v) is 14.2. The van der Waals surface area contributed by atoms with E-state index in [0.29, 0.717) is 18.4 Å². The van der Waals surface area contributed by atoms with Crippen LogP contribution in [0, 0.1) is 17.8 Å². The van der Waals surface area contributed by atoms with Gasteiger partial charge in [0.15, 0.2) is 0 Å². The Hall–Kier alpha value is -2.12. The number of fused-ring (bicyclic) bond motifs is 3. The molecule has 6 nitrogen and oxygen atoms in total. The zero-order valence-electron chi connectivity index (χ0n) is 14.2.